The van der Waals surface area contributed by atoms with Crippen LogP contribution in [0.5, 0.6) is 28.7 Å². The van der Waals surface area contributed by atoms with E-state index in [4.69, 9.17) is 14.6 Å². The number of carbonyl (C=O) groups excluding carboxylic acids is 5. The molecule has 68 heavy (non-hydrogen) atoms. The van der Waals surface area contributed by atoms with Crippen molar-refractivity contribution in [2.75, 3.05) is 42.5 Å². The first-order valence-electron chi connectivity index (χ1n) is 20.1. The molecule has 21 nitrogen and oxygen atoms in total. The number of aromatic hydroxyl groups is 3. The summed E-state index contributed by atoms with van der Waals surface area (Å²) in [5.41, 5.74) is 1.45. The number of fused-ring (bicyclic) bond motifs is 1. The van der Waals surface area contributed by atoms with Crippen molar-refractivity contribution in [2.45, 2.75) is 19.4 Å². The number of aromatic nitrogens is 4. The number of aldehydes is 1. The molecule has 350 valence electrons. The van der Waals surface area contributed by atoms with Crippen LogP contribution in [0.1, 0.15) is 54.2 Å². The number of nitrogens with one attached hydrogen (secondary N) is 6. The summed E-state index contributed by atoms with van der Waals surface area (Å²) < 4.78 is 10.3. The number of nitrogens with zero attached hydrogens (tertiary/aromatic N) is 3. The van der Waals surface area contributed by atoms with E-state index in [9.17, 15) is 44.1 Å². The van der Waals surface area contributed by atoms with Gasteiger partial charge in [-0.2, -0.15) is 15.4 Å². The van der Waals surface area contributed by atoms with E-state index in [1.807, 2.05) is 30.3 Å². The lowest BCUT2D eigenvalue weighted by molar-refractivity contribution is -0.118. The Morgan fingerprint density at radius 2 is 1.32 bits per heavy atom. The molecule has 2 aromatic heterocycles. The van der Waals surface area contributed by atoms with Gasteiger partial charge < -0.3 is 56.5 Å². The Labute approximate surface area is 387 Å². The fourth-order valence-electron chi connectivity index (χ4n) is 6.20. The molecule has 0 radical (unpaired) electrons. The van der Waals surface area contributed by atoms with Gasteiger partial charge in [-0.3, -0.25) is 24.0 Å². The maximum absolute atomic E-state index is 13.0. The number of methoxy groups -OCH3 is 2. The van der Waals surface area contributed by atoms with Crippen molar-refractivity contribution in [3.63, 3.8) is 0 Å². The molecule has 7 rings (SSSR count). The number of anilines is 4. The van der Waals surface area contributed by atoms with E-state index in [-0.39, 0.29) is 45.9 Å². The first-order valence-corrected chi connectivity index (χ1v) is 20.1. The second kappa shape index (κ2) is 23.5. The van der Waals surface area contributed by atoms with Gasteiger partial charge in [-0.25, -0.2) is 9.78 Å². The fourth-order valence-corrected chi connectivity index (χ4v) is 6.20. The van der Waals surface area contributed by atoms with Gasteiger partial charge in [0.15, 0.2) is 23.0 Å². The number of hydrogen-bond acceptors (Lipinski definition) is 15. The molecule has 10 N–H and O–H groups in total. The Bertz CT molecular complexity index is 2910. The normalized spacial score (nSPS) is 10.7. The van der Waals surface area contributed by atoms with Crippen LogP contribution in [-0.2, 0) is 16.0 Å². The lowest BCUT2D eigenvalue weighted by Crippen LogP contribution is -2.40. The molecule has 0 saturated heterocycles. The number of phenols is 3. The summed E-state index contributed by atoms with van der Waals surface area (Å²) in [6.07, 6.45) is 3.86. The summed E-state index contributed by atoms with van der Waals surface area (Å²) in [5.74, 6) is -4.93. The van der Waals surface area contributed by atoms with Crippen molar-refractivity contribution in [3.05, 3.63) is 144 Å². The highest BCUT2D eigenvalue weighted by Crippen LogP contribution is 2.40. The zero-order valence-corrected chi connectivity index (χ0v) is 36.7. The molecule has 21 heteroatoms. The Morgan fingerprint density at radius 3 is 1.88 bits per heavy atom. The van der Waals surface area contributed by atoms with Crippen molar-refractivity contribution >= 4 is 69.4 Å². The molecule has 2 heterocycles. The van der Waals surface area contributed by atoms with E-state index in [2.05, 4.69) is 47.0 Å². The van der Waals surface area contributed by atoms with Crippen molar-refractivity contribution in [1.82, 2.24) is 25.7 Å². The van der Waals surface area contributed by atoms with Gasteiger partial charge in [0, 0.05) is 24.6 Å². The largest absolute Gasteiger partial charge is 0.508 e. The van der Waals surface area contributed by atoms with Crippen molar-refractivity contribution in [1.29, 1.82) is 0 Å². The quantitative estimate of drug-likeness (QED) is 0.0593. The van der Waals surface area contributed by atoms with Gasteiger partial charge in [-0.15, -0.1) is 0 Å². The number of ether oxygens (including phenoxy) is 2. The van der Waals surface area contributed by atoms with Crippen LogP contribution in [0.4, 0.5) is 22.7 Å². The first-order chi connectivity index (χ1) is 32.6. The predicted octanol–water partition coefficient (Wildman–Crippen LogP) is 5.60. The highest BCUT2D eigenvalue weighted by molar-refractivity contribution is 6.10. The van der Waals surface area contributed by atoms with Crippen molar-refractivity contribution < 1.29 is 58.7 Å². The Hall–Kier alpha value is -9.37. The summed E-state index contributed by atoms with van der Waals surface area (Å²) in [4.78, 5) is 74.8. The molecule has 0 aliphatic rings. The topological polar surface area (TPSA) is 316 Å². The molecule has 7 aromatic rings. The van der Waals surface area contributed by atoms with Gasteiger partial charge in [-0.05, 0) is 90.6 Å². The molecule has 5 aromatic carbocycles. The molecule has 0 unspecified atom stereocenters. The molecular formula is C47H45N9O12. The number of carboxylic acid groups (broad SMARTS) is 1. The van der Waals surface area contributed by atoms with Gasteiger partial charge in [0.05, 0.1) is 61.0 Å². The van der Waals surface area contributed by atoms with Gasteiger partial charge in [-0.1, -0.05) is 30.3 Å². The van der Waals surface area contributed by atoms with Crippen LogP contribution in [0.2, 0.25) is 0 Å². The number of rotatable bonds is 14. The minimum Gasteiger partial charge on any atom is -0.508 e. The molecule has 1 atom stereocenters. The molecule has 0 aliphatic carbocycles. The highest BCUT2D eigenvalue weighted by atomic mass is 16.5. The number of H-pyrrole nitrogens is 1. The van der Waals surface area contributed by atoms with Crippen LogP contribution in [0.25, 0.3) is 10.8 Å². The second-order valence-electron chi connectivity index (χ2n) is 14.2. The number of amides is 4. The van der Waals surface area contributed by atoms with Gasteiger partial charge in [0.1, 0.15) is 23.3 Å². The second-order valence-corrected chi connectivity index (χ2v) is 14.2. The van der Waals surface area contributed by atoms with Crippen LogP contribution in [0, 0.1) is 0 Å². The monoisotopic (exact) mass is 927 g/mol. The zero-order valence-electron chi connectivity index (χ0n) is 36.7. The maximum atomic E-state index is 13.0. The van der Waals surface area contributed by atoms with Crippen LogP contribution in [0.3, 0.4) is 0 Å². The fraction of sp³-hybridized carbons (Fsp3) is 0.128. The molecule has 4 amide bonds. The van der Waals surface area contributed by atoms with Crippen LogP contribution in [-0.4, -0.2) is 104 Å². The summed E-state index contributed by atoms with van der Waals surface area (Å²) in [6, 6.07) is 27.1. The van der Waals surface area contributed by atoms with E-state index in [1.165, 1.54) is 63.9 Å². The van der Waals surface area contributed by atoms with E-state index in [0.29, 0.717) is 34.8 Å². The third kappa shape index (κ3) is 13.1. The molecular weight excluding hydrogens is 883 g/mol. The summed E-state index contributed by atoms with van der Waals surface area (Å²) >= 11 is 0. The van der Waals surface area contributed by atoms with Crippen molar-refractivity contribution in [3.8, 4) is 28.7 Å². The van der Waals surface area contributed by atoms with Crippen LogP contribution < -0.4 is 36.1 Å². The number of hydrogen-bond donors (Lipinski definition) is 10. The number of aromatic amines is 1. The Morgan fingerprint density at radius 1 is 0.706 bits per heavy atom. The third-order valence-corrected chi connectivity index (χ3v) is 9.55. The number of phenolic OH excluding ortho intramolecular Hbond substituents is 2. The van der Waals surface area contributed by atoms with Crippen molar-refractivity contribution in [2.24, 2.45) is 0 Å². The highest BCUT2D eigenvalue weighted by Gasteiger charge is 2.24. The Balaban J connectivity index is 0.000000301. The molecule has 0 fully saturated rings. The Kier molecular flexibility index (Phi) is 17.2. The van der Waals surface area contributed by atoms with Crippen LogP contribution >= 0.6 is 0 Å². The minimum absolute atomic E-state index is 0.0153. The summed E-state index contributed by atoms with van der Waals surface area (Å²) in [5, 5.41) is 64.9. The lowest BCUT2D eigenvalue weighted by Gasteiger charge is -2.16. The summed E-state index contributed by atoms with van der Waals surface area (Å²) in [6.45, 7) is 1.44. The number of likely N-dealkylation sites (N-methyl/N-ethyl adjacent to an activating group) is 1. The smallest absolute Gasteiger partial charge is 0.339 e. The lowest BCUT2D eigenvalue weighted by atomic mass is 10.1. The average Bonchev–Trinajstić information content (AvgIpc) is 3.85. The zero-order chi connectivity index (χ0) is 49.3. The maximum Gasteiger partial charge on any atom is 0.339 e. The van der Waals surface area contributed by atoms with Gasteiger partial charge in [0.2, 0.25) is 11.8 Å². The molecule has 0 aliphatic heterocycles. The standard InChI is InChI=1S/C28H28N8O9.C10H8O.C9H9NO2/c1-29-20(10-14-12-31-36-35-14)27(41)32-13-4-7-19(30-11-13)26(40)34-18-8-5-15(21(37)23(18)44-2)25(39)33-17-9-6-16(28(42)43)22(38)24(17)45-3;11-10-6-5-8-3-1-2-4-9(8)7-10;1-7(12)10-9-4-2-8(6-11)3-5-9/h4-9,11-12,20,29,37-38H,10H2,1-3H3,(H,32,41)(H,33,39)(H,34,40)(H,42,43)(H,31,35,36);1-7,11H;2-6H,1H3,(H,10,12)/t20-;;/m0../s1. The summed E-state index contributed by atoms with van der Waals surface area (Å²) in [7, 11) is 4.02. The van der Waals surface area contributed by atoms with E-state index >= 15 is 0 Å². The third-order valence-electron chi connectivity index (χ3n) is 9.55. The van der Waals surface area contributed by atoms with Gasteiger partial charge >= 0.3 is 5.97 Å². The number of benzene rings is 5. The van der Waals surface area contributed by atoms with E-state index < -0.39 is 40.9 Å². The number of pyridine rings is 1. The molecule has 0 bridgehead atoms. The SMILES string of the molecule is CC(=O)Nc1ccc(C=O)cc1.CN[C@@H](Cc1cn[nH]n1)C(=O)Nc1ccc(C(=O)Nc2ccc(C(=O)Nc3ccc(C(=O)O)c(O)c3OC)c(O)c2OC)nc1.Oc1ccc2ccccc2c1. The van der Waals surface area contributed by atoms with E-state index in [1.54, 1.807) is 43.4 Å². The number of aromatic carboxylic acids is 1. The number of carboxylic acids is 1. The first kappa shape index (κ1) is 49.6. The average molecular weight is 928 g/mol. The minimum atomic E-state index is -1.40. The number of carbonyl (C=O) groups is 6. The molecule has 0 spiro atoms. The van der Waals surface area contributed by atoms with Crippen LogP contribution in [0.15, 0.2) is 116 Å². The molecule has 0 saturated carbocycles. The van der Waals surface area contributed by atoms with Gasteiger partial charge in [0.25, 0.3) is 11.8 Å². The van der Waals surface area contributed by atoms with E-state index in [0.717, 1.165) is 23.1 Å². The predicted molar refractivity (Wildman–Crippen MR) is 250 cm³/mol.